The molecule has 1 aliphatic carbocycles. The number of fused-ring (bicyclic) bond motifs is 1. The molecule has 2 aromatic rings. The Morgan fingerprint density at radius 3 is 2.84 bits per heavy atom. The molecular formula is C16H23N5O3S. The molecule has 136 valence electrons. The van der Waals surface area contributed by atoms with Crippen molar-refractivity contribution in [2.45, 2.75) is 50.0 Å². The highest BCUT2D eigenvalue weighted by Crippen LogP contribution is 2.50. The van der Waals surface area contributed by atoms with Crippen LogP contribution in [0.5, 0.6) is 0 Å². The smallest absolute Gasteiger partial charge is 0.262 e. The number of aromatic nitrogens is 4. The van der Waals surface area contributed by atoms with Crippen LogP contribution >= 0.6 is 0 Å². The van der Waals surface area contributed by atoms with Gasteiger partial charge >= 0.3 is 0 Å². The summed E-state index contributed by atoms with van der Waals surface area (Å²) >= 11 is 0. The van der Waals surface area contributed by atoms with Crippen LogP contribution in [0.3, 0.4) is 0 Å². The lowest BCUT2D eigenvalue weighted by Gasteiger charge is -2.24. The molecule has 0 spiro atoms. The summed E-state index contributed by atoms with van der Waals surface area (Å²) in [5.74, 6) is 2.19. The molecule has 4 rings (SSSR count). The van der Waals surface area contributed by atoms with Gasteiger partial charge in [0.2, 0.25) is 5.89 Å². The molecule has 1 aliphatic heterocycles. The second kappa shape index (κ2) is 5.63. The van der Waals surface area contributed by atoms with Crippen LogP contribution in [0.2, 0.25) is 0 Å². The Kier molecular flexibility index (Phi) is 3.77. The first kappa shape index (κ1) is 16.7. The Morgan fingerprint density at radius 2 is 2.20 bits per heavy atom. The van der Waals surface area contributed by atoms with E-state index < -0.39 is 10.0 Å². The first-order valence-corrected chi connectivity index (χ1v) is 10.1. The van der Waals surface area contributed by atoms with Crippen LogP contribution in [0.15, 0.2) is 15.7 Å². The molecule has 2 atom stereocenters. The number of imidazole rings is 1. The molecule has 2 fully saturated rings. The number of hydrogen-bond acceptors (Lipinski definition) is 6. The highest BCUT2D eigenvalue weighted by atomic mass is 32.2. The SMILES string of the molecule is CCc1nc(C23CCCC2CN(S(=O)(=O)c2cn(C)c(C)n2)C3)no1. The second-order valence-corrected chi connectivity index (χ2v) is 9.03. The zero-order valence-electron chi connectivity index (χ0n) is 14.8. The molecule has 0 aromatic carbocycles. The minimum atomic E-state index is -3.61. The van der Waals surface area contributed by atoms with Gasteiger partial charge in [0.15, 0.2) is 10.9 Å². The quantitative estimate of drug-likeness (QED) is 0.813. The van der Waals surface area contributed by atoms with Gasteiger partial charge in [0.1, 0.15) is 5.82 Å². The Bertz CT molecular complexity index is 883. The lowest BCUT2D eigenvalue weighted by Crippen LogP contribution is -2.35. The summed E-state index contributed by atoms with van der Waals surface area (Å²) in [6.45, 7) is 4.66. The van der Waals surface area contributed by atoms with E-state index >= 15 is 0 Å². The van der Waals surface area contributed by atoms with Crippen molar-refractivity contribution in [1.29, 1.82) is 0 Å². The van der Waals surface area contributed by atoms with E-state index in [9.17, 15) is 8.42 Å². The number of nitrogens with zero attached hydrogens (tertiary/aromatic N) is 5. The molecule has 2 aromatic heterocycles. The number of rotatable bonds is 4. The van der Waals surface area contributed by atoms with Crippen LogP contribution in [0.1, 0.15) is 43.7 Å². The van der Waals surface area contributed by atoms with Gasteiger partial charge in [0.25, 0.3) is 10.0 Å². The normalized spacial score (nSPS) is 27.1. The van der Waals surface area contributed by atoms with Crippen molar-refractivity contribution < 1.29 is 12.9 Å². The highest BCUT2D eigenvalue weighted by Gasteiger charge is 2.56. The van der Waals surface area contributed by atoms with Crippen LogP contribution in [0, 0.1) is 12.8 Å². The van der Waals surface area contributed by atoms with E-state index in [1.54, 1.807) is 29.0 Å². The van der Waals surface area contributed by atoms with E-state index in [-0.39, 0.29) is 16.4 Å². The summed E-state index contributed by atoms with van der Waals surface area (Å²) < 4.78 is 34.7. The van der Waals surface area contributed by atoms with Crippen molar-refractivity contribution in [3.8, 4) is 0 Å². The van der Waals surface area contributed by atoms with Crippen molar-refractivity contribution in [3.63, 3.8) is 0 Å². The number of hydrogen-bond donors (Lipinski definition) is 0. The molecule has 9 heteroatoms. The van der Waals surface area contributed by atoms with Gasteiger partial charge in [-0.25, -0.2) is 13.4 Å². The fourth-order valence-corrected chi connectivity index (χ4v) is 5.76. The molecule has 3 heterocycles. The third-order valence-electron chi connectivity index (χ3n) is 5.75. The van der Waals surface area contributed by atoms with Crippen LogP contribution < -0.4 is 0 Å². The standard InChI is InChI=1S/C16H23N5O3S/c1-4-13-18-15(19-24-13)16-7-5-6-12(16)8-21(10-16)25(22,23)14-9-20(3)11(2)17-14/h9,12H,4-8,10H2,1-3H3. The van der Waals surface area contributed by atoms with Gasteiger partial charge in [-0.1, -0.05) is 18.5 Å². The van der Waals surface area contributed by atoms with Gasteiger partial charge in [-0.3, -0.25) is 0 Å². The zero-order valence-corrected chi connectivity index (χ0v) is 15.6. The van der Waals surface area contributed by atoms with E-state index in [2.05, 4.69) is 15.1 Å². The summed E-state index contributed by atoms with van der Waals surface area (Å²) in [5.41, 5.74) is -0.326. The lowest BCUT2D eigenvalue weighted by molar-refractivity contribution is 0.329. The molecule has 1 saturated heterocycles. The summed E-state index contributed by atoms with van der Waals surface area (Å²) in [6.07, 6.45) is 5.21. The Balaban J connectivity index is 1.68. The van der Waals surface area contributed by atoms with Gasteiger partial charge in [-0.15, -0.1) is 0 Å². The van der Waals surface area contributed by atoms with Crippen molar-refractivity contribution in [1.82, 2.24) is 24.0 Å². The van der Waals surface area contributed by atoms with E-state index in [1.165, 1.54) is 0 Å². The molecule has 2 aliphatic rings. The predicted molar refractivity (Wildman–Crippen MR) is 89.4 cm³/mol. The minimum Gasteiger partial charge on any atom is -0.339 e. The van der Waals surface area contributed by atoms with Crippen LogP contribution in [-0.4, -0.2) is 45.5 Å². The molecule has 8 nitrogen and oxygen atoms in total. The van der Waals surface area contributed by atoms with Crippen molar-refractivity contribution in [2.24, 2.45) is 13.0 Å². The molecule has 0 radical (unpaired) electrons. The van der Waals surface area contributed by atoms with Crippen LogP contribution in [-0.2, 0) is 28.9 Å². The summed E-state index contributed by atoms with van der Waals surface area (Å²) in [6, 6.07) is 0. The van der Waals surface area contributed by atoms with Gasteiger partial charge in [0, 0.05) is 32.8 Å². The number of sulfonamides is 1. The molecular weight excluding hydrogens is 342 g/mol. The summed E-state index contributed by atoms with van der Waals surface area (Å²) in [7, 11) is -1.81. The zero-order chi connectivity index (χ0) is 17.8. The lowest BCUT2D eigenvalue weighted by atomic mass is 9.80. The maximum atomic E-state index is 13.1. The number of aryl methyl sites for hydroxylation is 3. The van der Waals surface area contributed by atoms with E-state index in [0.29, 0.717) is 37.0 Å². The van der Waals surface area contributed by atoms with Gasteiger partial charge < -0.3 is 9.09 Å². The fourth-order valence-electron chi connectivity index (χ4n) is 4.18. The van der Waals surface area contributed by atoms with Crippen molar-refractivity contribution >= 4 is 10.0 Å². The van der Waals surface area contributed by atoms with Gasteiger partial charge in [0.05, 0.1) is 5.41 Å². The average molecular weight is 365 g/mol. The summed E-state index contributed by atoms with van der Waals surface area (Å²) in [4.78, 5) is 8.75. The van der Waals surface area contributed by atoms with E-state index in [4.69, 9.17) is 4.52 Å². The van der Waals surface area contributed by atoms with Crippen molar-refractivity contribution in [2.75, 3.05) is 13.1 Å². The third kappa shape index (κ3) is 2.43. The monoisotopic (exact) mass is 365 g/mol. The van der Waals surface area contributed by atoms with Crippen LogP contribution in [0.25, 0.3) is 0 Å². The largest absolute Gasteiger partial charge is 0.339 e. The highest BCUT2D eigenvalue weighted by molar-refractivity contribution is 7.89. The van der Waals surface area contributed by atoms with E-state index in [0.717, 1.165) is 19.3 Å². The fraction of sp³-hybridized carbons (Fsp3) is 0.688. The Labute approximate surface area is 147 Å². The first-order chi connectivity index (χ1) is 11.9. The van der Waals surface area contributed by atoms with Gasteiger partial charge in [-0.05, 0) is 25.7 Å². The molecule has 2 unspecified atom stereocenters. The molecule has 25 heavy (non-hydrogen) atoms. The van der Waals surface area contributed by atoms with Crippen LogP contribution in [0.4, 0.5) is 0 Å². The Morgan fingerprint density at radius 1 is 1.40 bits per heavy atom. The third-order valence-corrected chi connectivity index (χ3v) is 7.43. The van der Waals surface area contributed by atoms with Crippen molar-refractivity contribution in [3.05, 3.63) is 23.7 Å². The predicted octanol–water partition coefficient (Wildman–Crippen LogP) is 1.42. The summed E-state index contributed by atoms with van der Waals surface area (Å²) in [5, 5.41) is 4.30. The second-order valence-electron chi connectivity index (χ2n) is 7.15. The van der Waals surface area contributed by atoms with Gasteiger partial charge in [-0.2, -0.15) is 9.29 Å². The maximum Gasteiger partial charge on any atom is 0.262 e. The average Bonchev–Trinajstić information content (AvgIpc) is 3.30. The maximum absolute atomic E-state index is 13.1. The first-order valence-electron chi connectivity index (χ1n) is 8.70. The molecule has 1 saturated carbocycles. The van der Waals surface area contributed by atoms with E-state index in [1.807, 2.05) is 6.92 Å². The minimum absolute atomic E-state index is 0.116. The molecule has 0 N–H and O–H groups in total. The molecule has 0 bridgehead atoms. The topological polar surface area (TPSA) is 94.1 Å². The Hall–Kier alpha value is -1.74. The molecule has 0 amide bonds.